The molecule has 1 atom stereocenters. The van der Waals surface area contributed by atoms with E-state index in [-0.39, 0.29) is 4.90 Å². The summed E-state index contributed by atoms with van der Waals surface area (Å²) in [4.78, 5) is 11.9. The van der Waals surface area contributed by atoms with Gasteiger partial charge in [0.25, 0.3) is 0 Å². The molecule has 0 aliphatic carbocycles. The van der Waals surface area contributed by atoms with Gasteiger partial charge in [0.15, 0.2) is 0 Å². The van der Waals surface area contributed by atoms with Gasteiger partial charge < -0.3 is 4.74 Å². The summed E-state index contributed by atoms with van der Waals surface area (Å²) >= 11 is 4.82. The van der Waals surface area contributed by atoms with Crippen LogP contribution in [0.2, 0.25) is 0 Å². The highest BCUT2D eigenvalue weighted by atomic mass is 79.9. The Morgan fingerprint density at radius 1 is 1.40 bits per heavy atom. The van der Waals surface area contributed by atoms with E-state index in [1.807, 2.05) is 0 Å². The highest BCUT2D eigenvalue weighted by molar-refractivity contribution is 9.10. The van der Waals surface area contributed by atoms with E-state index in [0.29, 0.717) is 18.1 Å². The van der Waals surface area contributed by atoms with Crippen LogP contribution in [0, 0.1) is 0 Å². The molecule has 1 unspecified atom stereocenters. The van der Waals surface area contributed by atoms with E-state index in [4.69, 9.17) is 4.74 Å². The molecule has 1 heterocycles. The van der Waals surface area contributed by atoms with Crippen LogP contribution in [0.3, 0.4) is 0 Å². The standard InChI is InChI=1S/C12H14BrNO4S2/c1-18-12(15)11-8-19-7-6-14(11)20(16,17)10-4-2-9(13)3-5-10/h2-5,11H,6-8H2,1H3. The number of methoxy groups -OCH3 is 1. The fourth-order valence-corrected chi connectivity index (χ4v) is 5.02. The molecule has 5 nitrogen and oxygen atoms in total. The third-order valence-electron chi connectivity index (χ3n) is 2.97. The summed E-state index contributed by atoms with van der Waals surface area (Å²) in [5.41, 5.74) is 0. The Bertz CT molecular complexity index is 588. The van der Waals surface area contributed by atoms with Crippen molar-refractivity contribution in [2.45, 2.75) is 10.9 Å². The van der Waals surface area contributed by atoms with Gasteiger partial charge in [0, 0.05) is 22.5 Å². The lowest BCUT2D eigenvalue weighted by molar-refractivity contribution is -0.144. The lowest BCUT2D eigenvalue weighted by Gasteiger charge is -2.32. The van der Waals surface area contributed by atoms with Gasteiger partial charge in [-0.25, -0.2) is 8.42 Å². The van der Waals surface area contributed by atoms with E-state index in [9.17, 15) is 13.2 Å². The van der Waals surface area contributed by atoms with E-state index in [0.717, 1.165) is 4.47 Å². The molecule has 0 radical (unpaired) electrons. The molecule has 1 aliphatic heterocycles. The molecule has 110 valence electrons. The number of ether oxygens (including phenoxy) is 1. The first-order valence-corrected chi connectivity index (χ1v) is 9.28. The maximum absolute atomic E-state index is 12.6. The topological polar surface area (TPSA) is 63.7 Å². The van der Waals surface area contributed by atoms with Crippen LogP contribution in [0.25, 0.3) is 0 Å². The van der Waals surface area contributed by atoms with Gasteiger partial charge in [-0.2, -0.15) is 16.1 Å². The van der Waals surface area contributed by atoms with Crippen molar-refractivity contribution in [3.05, 3.63) is 28.7 Å². The molecule has 1 aromatic carbocycles. The van der Waals surface area contributed by atoms with Gasteiger partial charge in [-0.3, -0.25) is 4.79 Å². The van der Waals surface area contributed by atoms with Crippen molar-refractivity contribution in [2.75, 3.05) is 25.2 Å². The number of esters is 1. The van der Waals surface area contributed by atoms with Gasteiger partial charge in [-0.15, -0.1) is 0 Å². The number of halogens is 1. The van der Waals surface area contributed by atoms with Gasteiger partial charge in [0.05, 0.1) is 12.0 Å². The Labute approximate surface area is 130 Å². The van der Waals surface area contributed by atoms with Crippen molar-refractivity contribution in [1.82, 2.24) is 4.31 Å². The second-order valence-electron chi connectivity index (χ2n) is 4.18. The molecular weight excluding hydrogens is 366 g/mol. The summed E-state index contributed by atoms with van der Waals surface area (Å²) < 4.78 is 32.0. The number of nitrogens with zero attached hydrogens (tertiary/aromatic N) is 1. The third-order valence-corrected chi connectivity index (χ3v) is 6.45. The predicted octanol–water partition coefficient (Wildman–Crippen LogP) is 1.73. The van der Waals surface area contributed by atoms with E-state index in [1.165, 1.54) is 23.5 Å². The van der Waals surface area contributed by atoms with Crippen LogP contribution in [0.15, 0.2) is 33.6 Å². The lowest BCUT2D eigenvalue weighted by Crippen LogP contribution is -2.50. The van der Waals surface area contributed by atoms with E-state index in [2.05, 4.69) is 15.9 Å². The van der Waals surface area contributed by atoms with Gasteiger partial charge >= 0.3 is 5.97 Å². The number of rotatable bonds is 3. The maximum atomic E-state index is 12.6. The summed E-state index contributed by atoms with van der Waals surface area (Å²) in [6, 6.07) is 5.62. The summed E-state index contributed by atoms with van der Waals surface area (Å²) in [6.07, 6.45) is 0. The van der Waals surface area contributed by atoms with Gasteiger partial charge in [-0.05, 0) is 24.3 Å². The first kappa shape index (κ1) is 15.8. The number of hydrogen-bond acceptors (Lipinski definition) is 5. The monoisotopic (exact) mass is 379 g/mol. The van der Waals surface area contributed by atoms with Crippen molar-refractivity contribution in [3.63, 3.8) is 0 Å². The number of hydrogen-bond donors (Lipinski definition) is 0. The number of thioether (sulfide) groups is 1. The van der Waals surface area contributed by atoms with Crippen molar-refractivity contribution < 1.29 is 17.9 Å². The predicted molar refractivity (Wildman–Crippen MR) is 81.2 cm³/mol. The maximum Gasteiger partial charge on any atom is 0.325 e. The summed E-state index contributed by atoms with van der Waals surface area (Å²) in [6.45, 7) is 0.308. The molecule has 0 spiro atoms. The molecule has 2 rings (SSSR count). The minimum atomic E-state index is -3.68. The quantitative estimate of drug-likeness (QED) is 0.748. The molecule has 0 aromatic heterocycles. The van der Waals surface area contributed by atoms with Crippen LogP contribution in [-0.2, 0) is 19.6 Å². The van der Waals surface area contributed by atoms with E-state index >= 15 is 0 Å². The SMILES string of the molecule is COC(=O)C1CSCCN1S(=O)(=O)c1ccc(Br)cc1. The zero-order chi connectivity index (χ0) is 14.8. The fraction of sp³-hybridized carbons (Fsp3) is 0.417. The van der Waals surface area contributed by atoms with Crippen LogP contribution in [0.5, 0.6) is 0 Å². The number of carbonyl (C=O) groups is 1. The minimum Gasteiger partial charge on any atom is -0.468 e. The Hall–Kier alpha value is -0.570. The summed E-state index contributed by atoms with van der Waals surface area (Å²) in [7, 11) is -2.41. The molecule has 0 amide bonds. The highest BCUT2D eigenvalue weighted by Crippen LogP contribution is 2.26. The van der Waals surface area contributed by atoms with Crippen LogP contribution in [0.4, 0.5) is 0 Å². The first-order valence-electron chi connectivity index (χ1n) is 5.90. The molecule has 0 N–H and O–H groups in total. The molecule has 20 heavy (non-hydrogen) atoms. The van der Waals surface area contributed by atoms with Crippen LogP contribution < -0.4 is 0 Å². The van der Waals surface area contributed by atoms with Crippen LogP contribution >= 0.6 is 27.7 Å². The average molecular weight is 380 g/mol. The fourth-order valence-electron chi connectivity index (χ4n) is 1.94. The zero-order valence-electron chi connectivity index (χ0n) is 10.8. The van der Waals surface area contributed by atoms with Crippen molar-refractivity contribution >= 4 is 43.7 Å². The van der Waals surface area contributed by atoms with Gasteiger partial charge in [0.2, 0.25) is 10.0 Å². The van der Waals surface area contributed by atoms with Crippen LogP contribution in [0.1, 0.15) is 0 Å². The highest BCUT2D eigenvalue weighted by Gasteiger charge is 2.38. The molecular formula is C12H14BrNO4S2. The first-order chi connectivity index (χ1) is 9.46. The van der Waals surface area contributed by atoms with Gasteiger partial charge in [-0.1, -0.05) is 15.9 Å². The Morgan fingerprint density at radius 2 is 2.05 bits per heavy atom. The summed E-state index contributed by atoms with van der Waals surface area (Å²) in [5.74, 6) is 0.573. The molecule has 1 fully saturated rings. The van der Waals surface area contributed by atoms with Crippen molar-refractivity contribution in [1.29, 1.82) is 0 Å². The largest absolute Gasteiger partial charge is 0.468 e. The van der Waals surface area contributed by atoms with Crippen LogP contribution in [-0.4, -0.2) is 49.9 Å². The number of benzene rings is 1. The van der Waals surface area contributed by atoms with E-state index < -0.39 is 22.0 Å². The average Bonchev–Trinajstić information content (AvgIpc) is 2.47. The van der Waals surface area contributed by atoms with Crippen molar-refractivity contribution in [3.8, 4) is 0 Å². The molecule has 8 heteroatoms. The third kappa shape index (κ3) is 3.19. The number of carbonyl (C=O) groups excluding carboxylic acids is 1. The van der Waals surface area contributed by atoms with Crippen molar-refractivity contribution in [2.24, 2.45) is 0 Å². The zero-order valence-corrected chi connectivity index (χ0v) is 14.0. The molecule has 0 bridgehead atoms. The Balaban J connectivity index is 2.35. The van der Waals surface area contributed by atoms with Gasteiger partial charge in [0.1, 0.15) is 6.04 Å². The Kier molecular flexibility index (Phi) is 5.11. The summed E-state index contributed by atoms with van der Waals surface area (Å²) in [5, 5.41) is 0. The Morgan fingerprint density at radius 3 is 2.65 bits per heavy atom. The second kappa shape index (κ2) is 6.46. The smallest absolute Gasteiger partial charge is 0.325 e. The minimum absolute atomic E-state index is 0.182. The number of sulfonamides is 1. The normalized spacial score (nSPS) is 20.6. The van der Waals surface area contributed by atoms with E-state index in [1.54, 1.807) is 23.9 Å². The second-order valence-corrected chi connectivity index (χ2v) is 8.14. The lowest BCUT2D eigenvalue weighted by atomic mass is 10.3. The molecule has 1 aromatic rings. The molecule has 1 aliphatic rings. The molecule has 1 saturated heterocycles. The molecule has 0 saturated carbocycles.